The van der Waals surface area contributed by atoms with Gasteiger partial charge in [0, 0.05) is 47.0 Å². The number of aromatic nitrogens is 1. The Kier molecular flexibility index (Phi) is 5.41. The van der Waals surface area contributed by atoms with Crippen LogP contribution in [0.2, 0.25) is 0 Å². The van der Waals surface area contributed by atoms with E-state index in [-0.39, 0.29) is 11.9 Å². The van der Waals surface area contributed by atoms with E-state index in [0.717, 1.165) is 28.6 Å². The second-order valence-electron chi connectivity index (χ2n) is 6.02. The number of carbonyl (C=O) groups excluding carboxylic acids is 1. The van der Waals surface area contributed by atoms with Gasteiger partial charge in [-0.3, -0.25) is 4.79 Å². The van der Waals surface area contributed by atoms with Crippen LogP contribution >= 0.6 is 15.9 Å². The summed E-state index contributed by atoms with van der Waals surface area (Å²) in [4.78, 5) is 12.2. The van der Waals surface area contributed by atoms with Crippen LogP contribution in [-0.2, 0) is 17.8 Å². The lowest BCUT2D eigenvalue weighted by molar-refractivity contribution is -0.121. The van der Waals surface area contributed by atoms with Crippen LogP contribution in [0.3, 0.4) is 0 Å². The molecule has 5 heteroatoms. The highest BCUT2D eigenvalue weighted by molar-refractivity contribution is 9.10. The van der Waals surface area contributed by atoms with Crippen molar-refractivity contribution in [3.63, 3.8) is 0 Å². The number of furan rings is 1. The summed E-state index contributed by atoms with van der Waals surface area (Å²) in [6, 6.07) is 12.2. The zero-order chi connectivity index (χ0) is 16.9. The average molecular weight is 389 g/mol. The summed E-state index contributed by atoms with van der Waals surface area (Å²) in [7, 11) is 0. The molecule has 0 fully saturated rings. The van der Waals surface area contributed by atoms with E-state index in [2.05, 4.69) is 37.9 Å². The molecule has 0 saturated heterocycles. The molecule has 1 atom stereocenters. The highest BCUT2D eigenvalue weighted by Gasteiger charge is 2.10. The van der Waals surface area contributed by atoms with E-state index in [1.807, 2.05) is 37.4 Å². The third-order valence-electron chi connectivity index (χ3n) is 4.15. The Bertz CT molecular complexity index is 808. The van der Waals surface area contributed by atoms with Gasteiger partial charge in [-0.15, -0.1) is 0 Å². The van der Waals surface area contributed by atoms with Crippen LogP contribution in [0, 0.1) is 0 Å². The molecule has 0 aliphatic rings. The van der Waals surface area contributed by atoms with Crippen LogP contribution in [0.1, 0.15) is 25.5 Å². The van der Waals surface area contributed by atoms with Crippen molar-refractivity contribution in [3.05, 3.63) is 59.1 Å². The number of aryl methyl sites for hydroxylation is 2. The standard InChI is InChI=1S/C19H21BrN2O2/c1-14(7-8-15-4-3-13-24-15)21-19(23)10-12-22-11-9-16-17(20)5-2-6-18(16)22/h2-6,9,11,13-14H,7-8,10,12H2,1H3,(H,21,23). The Morgan fingerprint density at radius 1 is 1.29 bits per heavy atom. The second-order valence-corrected chi connectivity index (χ2v) is 6.87. The molecular formula is C19H21BrN2O2. The zero-order valence-corrected chi connectivity index (χ0v) is 15.3. The lowest BCUT2D eigenvalue weighted by Crippen LogP contribution is -2.33. The predicted octanol–water partition coefficient (Wildman–Crippen LogP) is 4.52. The van der Waals surface area contributed by atoms with Crippen molar-refractivity contribution in [1.82, 2.24) is 9.88 Å². The molecular weight excluding hydrogens is 368 g/mol. The van der Waals surface area contributed by atoms with E-state index in [1.165, 1.54) is 5.39 Å². The van der Waals surface area contributed by atoms with Gasteiger partial charge in [-0.2, -0.15) is 0 Å². The number of nitrogens with zero attached hydrogens (tertiary/aromatic N) is 1. The van der Waals surface area contributed by atoms with E-state index in [0.29, 0.717) is 13.0 Å². The normalized spacial score (nSPS) is 12.4. The summed E-state index contributed by atoms with van der Waals surface area (Å²) >= 11 is 3.56. The molecule has 1 aromatic carbocycles. The minimum absolute atomic E-state index is 0.0822. The Morgan fingerprint density at radius 2 is 2.17 bits per heavy atom. The van der Waals surface area contributed by atoms with Gasteiger partial charge in [-0.05, 0) is 43.7 Å². The molecule has 0 aliphatic carbocycles. The molecule has 1 amide bonds. The topological polar surface area (TPSA) is 47.2 Å². The number of halogens is 1. The first-order valence-electron chi connectivity index (χ1n) is 8.18. The van der Waals surface area contributed by atoms with Gasteiger partial charge in [0.2, 0.25) is 5.91 Å². The maximum atomic E-state index is 12.2. The Balaban J connectivity index is 1.48. The minimum Gasteiger partial charge on any atom is -0.469 e. The largest absolute Gasteiger partial charge is 0.469 e. The number of hydrogen-bond donors (Lipinski definition) is 1. The Morgan fingerprint density at radius 3 is 2.96 bits per heavy atom. The first kappa shape index (κ1) is 16.8. The van der Waals surface area contributed by atoms with Crippen molar-refractivity contribution >= 4 is 32.7 Å². The van der Waals surface area contributed by atoms with E-state index in [4.69, 9.17) is 4.42 Å². The quantitative estimate of drug-likeness (QED) is 0.646. The molecule has 4 nitrogen and oxygen atoms in total. The second kappa shape index (κ2) is 7.71. The fourth-order valence-corrected chi connectivity index (χ4v) is 3.32. The number of fused-ring (bicyclic) bond motifs is 1. The molecule has 0 aliphatic heterocycles. The maximum Gasteiger partial charge on any atom is 0.221 e. The van der Waals surface area contributed by atoms with Crippen LogP contribution < -0.4 is 5.32 Å². The number of carbonyl (C=O) groups is 1. The van der Waals surface area contributed by atoms with Gasteiger partial charge >= 0.3 is 0 Å². The fraction of sp³-hybridized carbons (Fsp3) is 0.316. The van der Waals surface area contributed by atoms with Crippen LogP contribution in [0.25, 0.3) is 10.9 Å². The van der Waals surface area contributed by atoms with Crippen LogP contribution in [-0.4, -0.2) is 16.5 Å². The Hall–Kier alpha value is -2.01. The third kappa shape index (κ3) is 4.09. The van der Waals surface area contributed by atoms with Crippen molar-refractivity contribution in [2.75, 3.05) is 0 Å². The highest BCUT2D eigenvalue weighted by atomic mass is 79.9. The molecule has 3 aromatic rings. The molecule has 0 bridgehead atoms. The summed E-state index contributed by atoms with van der Waals surface area (Å²) in [5, 5.41) is 4.23. The van der Waals surface area contributed by atoms with Gasteiger partial charge in [-0.25, -0.2) is 0 Å². The molecule has 126 valence electrons. The number of amides is 1. The number of nitrogens with one attached hydrogen (secondary N) is 1. The monoisotopic (exact) mass is 388 g/mol. The summed E-state index contributed by atoms with van der Waals surface area (Å²) in [5.41, 5.74) is 1.14. The summed E-state index contributed by atoms with van der Waals surface area (Å²) < 4.78 is 8.51. The number of benzene rings is 1. The van der Waals surface area contributed by atoms with Crippen molar-refractivity contribution < 1.29 is 9.21 Å². The lowest BCUT2D eigenvalue weighted by atomic mass is 10.1. The molecule has 2 aromatic heterocycles. The van der Waals surface area contributed by atoms with Gasteiger partial charge < -0.3 is 14.3 Å². The smallest absolute Gasteiger partial charge is 0.221 e. The fourth-order valence-electron chi connectivity index (χ4n) is 2.84. The summed E-state index contributed by atoms with van der Waals surface area (Å²) in [5.74, 6) is 1.04. The molecule has 1 unspecified atom stereocenters. The molecule has 0 radical (unpaired) electrons. The van der Waals surface area contributed by atoms with Crippen molar-refractivity contribution in [2.45, 2.75) is 38.8 Å². The van der Waals surface area contributed by atoms with Gasteiger partial charge in [0.15, 0.2) is 0 Å². The van der Waals surface area contributed by atoms with Crippen LogP contribution in [0.15, 0.2) is 57.7 Å². The minimum atomic E-state index is 0.0822. The van der Waals surface area contributed by atoms with E-state index in [9.17, 15) is 4.79 Å². The first-order valence-corrected chi connectivity index (χ1v) is 8.98. The maximum absolute atomic E-state index is 12.2. The van der Waals surface area contributed by atoms with E-state index in [1.54, 1.807) is 6.26 Å². The van der Waals surface area contributed by atoms with E-state index < -0.39 is 0 Å². The van der Waals surface area contributed by atoms with Crippen molar-refractivity contribution in [1.29, 1.82) is 0 Å². The molecule has 0 spiro atoms. The molecule has 1 N–H and O–H groups in total. The Labute approximate surface area is 150 Å². The predicted molar refractivity (Wildman–Crippen MR) is 98.9 cm³/mol. The number of hydrogen-bond acceptors (Lipinski definition) is 2. The van der Waals surface area contributed by atoms with Gasteiger partial charge in [-0.1, -0.05) is 22.0 Å². The molecule has 2 heterocycles. The summed E-state index contributed by atoms with van der Waals surface area (Å²) in [6.07, 6.45) is 5.89. The van der Waals surface area contributed by atoms with Gasteiger partial charge in [0.1, 0.15) is 5.76 Å². The van der Waals surface area contributed by atoms with E-state index >= 15 is 0 Å². The third-order valence-corrected chi connectivity index (χ3v) is 4.84. The highest BCUT2D eigenvalue weighted by Crippen LogP contribution is 2.24. The average Bonchev–Trinajstić information content (AvgIpc) is 3.21. The SMILES string of the molecule is CC(CCc1ccco1)NC(=O)CCn1ccc2c(Br)cccc21. The zero-order valence-electron chi connectivity index (χ0n) is 13.7. The van der Waals surface area contributed by atoms with Crippen molar-refractivity contribution in [3.8, 4) is 0 Å². The van der Waals surface area contributed by atoms with Crippen molar-refractivity contribution in [2.24, 2.45) is 0 Å². The summed E-state index contributed by atoms with van der Waals surface area (Å²) in [6.45, 7) is 2.71. The number of rotatable bonds is 7. The van der Waals surface area contributed by atoms with Crippen LogP contribution in [0.4, 0.5) is 0 Å². The molecule has 24 heavy (non-hydrogen) atoms. The first-order chi connectivity index (χ1) is 11.6. The molecule has 0 saturated carbocycles. The lowest BCUT2D eigenvalue weighted by Gasteiger charge is -2.13. The van der Waals surface area contributed by atoms with Gasteiger partial charge in [0.05, 0.1) is 6.26 Å². The molecule has 3 rings (SSSR count). The van der Waals surface area contributed by atoms with Crippen LogP contribution in [0.5, 0.6) is 0 Å². The van der Waals surface area contributed by atoms with Gasteiger partial charge in [0.25, 0.3) is 0 Å².